The highest BCUT2D eigenvalue weighted by atomic mass is 19.1. The molecule has 0 aromatic heterocycles. The Bertz CT molecular complexity index is 826. The molecule has 2 heterocycles. The summed E-state index contributed by atoms with van der Waals surface area (Å²) in [6.45, 7) is 0.278. The number of carbonyl (C=O) groups is 1. The Morgan fingerprint density at radius 2 is 1.89 bits per heavy atom. The number of rotatable bonds is 2. The zero-order valence-corrected chi connectivity index (χ0v) is 14.7. The maximum Gasteiger partial charge on any atom is 0.252 e. The number of hydrogen-bond acceptors (Lipinski definition) is 3. The Kier molecular flexibility index (Phi) is 4.93. The van der Waals surface area contributed by atoms with Gasteiger partial charge in [0.1, 0.15) is 24.2 Å². The third-order valence-corrected chi connectivity index (χ3v) is 5.35. The minimum atomic E-state index is -1.48. The van der Waals surface area contributed by atoms with E-state index in [0.29, 0.717) is 13.0 Å². The van der Waals surface area contributed by atoms with Crippen LogP contribution in [0.2, 0.25) is 0 Å². The van der Waals surface area contributed by atoms with Crippen LogP contribution in [0, 0.1) is 5.82 Å². The molecule has 1 amide bonds. The van der Waals surface area contributed by atoms with Gasteiger partial charge in [0.2, 0.25) is 0 Å². The van der Waals surface area contributed by atoms with Gasteiger partial charge in [-0.25, -0.2) is 8.78 Å². The molecule has 1 N–H and O–H groups in total. The molecule has 6 heteroatoms. The lowest BCUT2D eigenvalue weighted by Gasteiger charge is -2.40. The van der Waals surface area contributed by atoms with Gasteiger partial charge in [-0.15, -0.1) is 0 Å². The summed E-state index contributed by atoms with van der Waals surface area (Å²) in [5, 5.41) is 9.51. The van der Waals surface area contributed by atoms with Crippen molar-refractivity contribution < 1.29 is 23.4 Å². The molecule has 0 saturated carbocycles. The van der Waals surface area contributed by atoms with Crippen LogP contribution < -0.4 is 0 Å². The van der Waals surface area contributed by atoms with Crippen LogP contribution in [0.15, 0.2) is 48.5 Å². The minimum absolute atomic E-state index is 0.158. The molecule has 1 saturated heterocycles. The van der Waals surface area contributed by atoms with Gasteiger partial charge in [-0.3, -0.25) is 4.79 Å². The zero-order chi connectivity index (χ0) is 19.0. The third-order valence-electron chi connectivity index (χ3n) is 5.35. The number of amides is 1. The van der Waals surface area contributed by atoms with Crippen molar-refractivity contribution in [2.24, 2.45) is 0 Å². The average Bonchev–Trinajstić information content (AvgIpc) is 2.69. The van der Waals surface area contributed by atoms with Gasteiger partial charge < -0.3 is 14.7 Å². The lowest BCUT2D eigenvalue weighted by Crippen LogP contribution is -2.50. The number of alkyl halides is 1. The van der Waals surface area contributed by atoms with E-state index < -0.39 is 18.4 Å². The van der Waals surface area contributed by atoms with E-state index in [0.717, 1.165) is 16.7 Å². The van der Waals surface area contributed by atoms with E-state index in [1.807, 2.05) is 24.3 Å². The van der Waals surface area contributed by atoms with Crippen molar-refractivity contribution >= 4 is 5.91 Å². The highest BCUT2D eigenvalue weighted by Crippen LogP contribution is 2.36. The lowest BCUT2D eigenvalue weighted by molar-refractivity contribution is -0.159. The van der Waals surface area contributed by atoms with Crippen LogP contribution in [-0.2, 0) is 16.0 Å². The quantitative estimate of drug-likeness (QED) is 0.881. The molecule has 0 aliphatic carbocycles. The highest BCUT2D eigenvalue weighted by molar-refractivity contribution is 5.82. The molecule has 2 aliphatic heterocycles. The summed E-state index contributed by atoms with van der Waals surface area (Å²) in [6, 6.07) is 13.6. The van der Waals surface area contributed by atoms with Crippen LogP contribution in [0.1, 0.15) is 29.2 Å². The second kappa shape index (κ2) is 7.37. The molecular formula is C21H21F2NO3. The molecule has 4 nitrogen and oxygen atoms in total. The molecule has 4 rings (SSSR count). The number of benzene rings is 2. The van der Waals surface area contributed by atoms with E-state index in [2.05, 4.69) is 0 Å². The first-order valence-electron chi connectivity index (χ1n) is 9.12. The smallest absolute Gasteiger partial charge is 0.252 e. The Labute approximate surface area is 156 Å². The van der Waals surface area contributed by atoms with Crippen LogP contribution in [0.25, 0.3) is 0 Å². The van der Waals surface area contributed by atoms with E-state index >= 15 is 0 Å². The number of aliphatic hydroxyl groups excluding tert-OH is 1. The molecule has 1 fully saturated rings. The van der Waals surface area contributed by atoms with Gasteiger partial charge >= 0.3 is 0 Å². The van der Waals surface area contributed by atoms with Crippen LogP contribution in [0.5, 0.6) is 0 Å². The number of ether oxygens (including phenoxy) is 1. The summed E-state index contributed by atoms with van der Waals surface area (Å²) < 4.78 is 32.8. The first-order valence-corrected chi connectivity index (χ1v) is 9.12. The fourth-order valence-corrected chi connectivity index (χ4v) is 3.91. The molecule has 27 heavy (non-hydrogen) atoms. The normalized spacial score (nSPS) is 27.9. The maximum atomic E-state index is 13.9. The van der Waals surface area contributed by atoms with Crippen molar-refractivity contribution in [2.45, 2.75) is 37.3 Å². The van der Waals surface area contributed by atoms with Crippen LogP contribution in [0.3, 0.4) is 0 Å². The van der Waals surface area contributed by atoms with Crippen molar-refractivity contribution in [3.63, 3.8) is 0 Å². The average molecular weight is 373 g/mol. The van der Waals surface area contributed by atoms with Crippen molar-refractivity contribution in [3.8, 4) is 0 Å². The Hall–Kier alpha value is -2.31. The van der Waals surface area contributed by atoms with E-state index in [-0.39, 0.29) is 30.8 Å². The van der Waals surface area contributed by atoms with Gasteiger partial charge in [0, 0.05) is 13.0 Å². The van der Waals surface area contributed by atoms with Crippen molar-refractivity contribution in [1.82, 2.24) is 4.90 Å². The van der Waals surface area contributed by atoms with Gasteiger partial charge in [-0.2, -0.15) is 0 Å². The number of carbonyl (C=O) groups excluding carboxylic acids is 1. The molecule has 142 valence electrons. The summed E-state index contributed by atoms with van der Waals surface area (Å²) in [5.41, 5.74) is 2.92. The maximum absolute atomic E-state index is 13.9. The Morgan fingerprint density at radius 3 is 2.63 bits per heavy atom. The van der Waals surface area contributed by atoms with E-state index in [9.17, 15) is 18.7 Å². The zero-order valence-electron chi connectivity index (χ0n) is 14.7. The van der Waals surface area contributed by atoms with Gasteiger partial charge in [-0.05, 0) is 35.2 Å². The van der Waals surface area contributed by atoms with Crippen molar-refractivity contribution in [2.75, 3.05) is 13.2 Å². The first kappa shape index (κ1) is 18.1. The van der Waals surface area contributed by atoms with Crippen molar-refractivity contribution in [1.29, 1.82) is 0 Å². The highest BCUT2D eigenvalue weighted by Gasteiger charge is 2.40. The SMILES string of the molecule is O=C([C@H]1C[C@@H](F)[C@H](O)CO1)N1CCc2ccccc2[C@@H]1c1ccc(F)cc1. The minimum Gasteiger partial charge on any atom is -0.388 e. The van der Waals surface area contributed by atoms with E-state index in [1.54, 1.807) is 17.0 Å². The monoisotopic (exact) mass is 373 g/mol. The van der Waals surface area contributed by atoms with Crippen LogP contribution in [0.4, 0.5) is 8.78 Å². The standard InChI is InChI=1S/C21H21F2NO3/c22-15-7-5-14(6-8-15)20-16-4-2-1-3-13(16)9-10-24(20)21(26)19-11-17(23)18(25)12-27-19/h1-8,17-20,25H,9-12H2/t17-,18-,19-,20+/m1/s1. The second-order valence-corrected chi connectivity index (χ2v) is 7.08. The topological polar surface area (TPSA) is 49.8 Å². The van der Waals surface area contributed by atoms with Gasteiger partial charge in [0.25, 0.3) is 5.91 Å². The molecule has 2 aromatic carbocycles. The lowest BCUT2D eigenvalue weighted by atomic mass is 9.87. The van der Waals surface area contributed by atoms with Gasteiger partial charge in [-0.1, -0.05) is 36.4 Å². The second-order valence-electron chi connectivity index (χ2n) is 7.08. The summed E-state index contributed by atoms with van der Waals surface area (Å²) in [4.78, 5) is 14.8. The predicted molar refractivity (Wildman–Crippen MR) is 95.4 cm³/mol. The van der Waals surface area contributed by atoms with Gasteiger partial charge in [0.05, 0.1) is 12.6 Å². The molecule has 0 unspecified atom stereocenters. The van der Waals surface area contributed by atoms with Gasteiger partial charge in [0.15, 0.2) is 0 Å². The molecule has 4 atom stereocenters. The molecule has 0 radical (unpaired) electrons. The molecule has 0 spiro atoms. The van der Waals surface area contributed by atoms with E-state index in [1.165, 1.54) is 12.1 Å². The van der Waals surface area contributed by atoms with E-state index in [4.69, 9.17) is 4.74 Å². The molecular weight excluding hydrogens is 352 g/mol. The fraction of sp³-hybridized carbons (Fsp3) is 0.381. The molecule has 2 aromatic rings. The first-order chi connectivity index (χ1) is 13.0. The van der Waals surface area contributed by atoms with Crippen LogP contribution in [-0.4, -0.2) is 47.4 Å². The van der Waals surface area contributed by atoms with Crippen molar-refractivity contribution in [3.05, 3.63) is 71.0 Å². The third kappa shape index (κ3) is 3.47. The summed E-state index contributed by atoms with van der Waals surface area (Å²) in [5.74, 6) is -0.640. The number of aliphatic hydroxyl groups is 1. The van der Waals surface area contributed by atoms with Crippen LogP contribution >= 0.6 is 0 Å². The molecule has 2 aliphatic rings. The number of halogens is 2. The fourth-order valence-electron chi connectivity index (χ4n) is 3.91. The summed E-state index contributed by atoms with van der Waals surface area (Å²) in [7, 11) is 0. The summed E-state index contributed by atoms with van der Waals surface area (Å²) >= 11 is 0. The number of hydrogen-bond donors (Lipinski definition) is 1. The molecule has 0 bridgehead atoms. The number of fused-ring (bicyclic) bond motifs is 1. The number of nitrogens with zero attached hydrogens (tertiary/aromatic N) is 1. The Balaban J connectivity index is 1.68. The predicted octanol–water partition coefficient (Wildman–Crippen LogP) is 2.79. The largest absolute Gasteiger partial charge is 0.388 e. The summed E-state index contributed by atoms with van der Waals surface area (Å²) in [6.07, 6.45) is -3.06. The Morgan fingerprint density at radius 1 is 1.15 bits per heavy atom.